The van der Waals surface area contributed by atoms with Crippen LogP contribution in [0.25, 0.3) is 10.2 Å². The largest absolute Gasteiger partial charge is 0.248 e. The van der Waals surface area contributed by atoms with Gasteiger partial charge in [-0.2, -0.15) is 0 Å². The van der Waals surface area contributed by atoms with E-state index in [1.165, 1.54) is 16.6 Å². The van der Waals surface area contributed by atoms with Gasteiger partial charge in [-0.25, -0.2) is 15.0 Å². The lowest BCUT2D eigenvalue weighted by Gasteiger charge is -2.03. The Labute approximate surface area is 128 Å². The lowest BCUT2D eigenvalue weighted by atomic mass is 10.4. The topological polar surface area (TPSA) is 38.7 Å². The van der Waals surface area contributed by atoms with Crippen molar-refractivity contribution in [3.05, 3.63) is 39.6 Å². The Morgan fingerprint density at radius 2 is 2.05 bits per heavy atom. The highest BCUT2D eigenvalue weighted by Crippen LogP contribution is 2.37. The number of fused-ring (bicyclic) bond motifs is 1. The van der Waals surface area contributed by atoms with Gasteiger partial charge in [-0.1, -0.05) is 11.6 Å². The molecule has 3 rings (SSSR count). The molecule has 3 heterocycles. The second-order valence-corrected chi connectivity index (χ2v) is 6.72. The molecule has 0 saturated heterocycles. The van der Waals surface area contributed by atoms with Crippen molar-refractivity contribution in [1.29, 1.82) is 0 Å². The molecule has 0 aliphatic carbocycles. The number of hydrogen-bond acceptors (Lipinski definition) is 5. The van der Waals surface area contributed by atoms with Gasteiger partial charge in [-0.3, -0.25) is 0 Å². The van der Waals surface area contributed by atoms with Crippen LogP contribution in [0, 0.1) is 6.92 Å². The van der Waals surface area contributed by atoms with Crippen LogP contribution in [0.1, 0.15) is 4.88 Å². The molecule has 0 spiro atoms. The van der Waals surface area contributed by atoms with Crippen LogP contribution >= 0.6 is 46.3 Å². The highest BCUT2D eigenvalue weighted by molar-refractivity contribution is 7.99. The van der Waals surface area contributed by atoms with Gasteiger partial charge in [0.25, 0.3) is 0 Å². The molecule has 0 radical (unpaired) electrons. The minimum absolute atomic E-state index is 0.240. The maximum Gasteiger partial charge on any atom is 0.224 e. The van der Waals surface area contributed by atoms with E-state index >= 15 is 0 Å². The molecule has 19 heavy (non-hydrogen) atoms. The molecule has 0 unspecified atom stereocenters. The zero-order valence-corrected chi connectivity index (χ0v) is 12.9. The first-order chi connectivity index (χ1) is 9.13. The summed E-state index contributed by atoms with van der Waals surface area (Å²) in [7, 11) is 0. The van der Waals surface area contributed by atoms with Gasteiger partial charge in [-0.05, 0) is 48.5 Å². The molecule has 0 aliphatic heterocycles. The second kappa shape index (κ2) is 5.25. The fourth-order valence-electron chi connectivity index (χ4n) is 1.61. The van der Waals surface area contributed by atoms with Crippen molar-refractivity contribution in [3.8, 4) is 0 Å². The van der Waals surface area contributed by atoms with Gasteiger partial charge in [0.2, 0.25) is 5.28 Å². The Morgan fingerprint density at radius 1 is 1.21 bits per heavy atom. The number of pyridine rings is 1. The van der Waals surface area contributed by atoms with Crippen molar-refractivity contribution < 1.29 is 0 Å². The monoisotopic (exact) mass is 327 g/mol. The zero-order chi connectivity index (χ0) is 13.4. The third-order valence-electron chi connectivity index (χ3n) is 2.37. The molecule has 3 nitrogen and oxygen atoms in total. The summed E-state index contributed by atoms with van der Waals surface area (Å²) < 4.78 is 0. The van der Waals surface area contributed by atoms with Crippen LogP contribution in [0.2, 0.25) is 10.3 Å². The number of thiophene rings is 1. The Hall–Kier alpha value is -0.880. The van der Waals surface area contributed by atoms with E-state index in [9.17, 15) is 0 Å². The molecule has 0 bridgehead atoms. The Balaban J connectivity index is 2.12. The molecule has 0 aromatic carbocycles. The molecule has 0 N–H and O–H groups in total. The number of halogens is 2. The average Bonchev–Trinajstić information content (AvgIpc) is 2.72. The number of rotatable bonds is 2. The molecule has 0 saturated carbocycles. The van der Waals surface area contributed by atoms with Crippen LogP contribution in [0.15, 0.2) is 34.4 Å². The smallest absolute Gasteiger partial charge is 0.224 e. The molecule has 7 heteroatoms. The summed E-state index contributed by atoms with van der Waals surface area (Å²) in [6.45, 7) is 2.03. The van der Waals surface area contributed by atoms with Crippen LogP contribution in [0.4, 0.5) is 0 Å². The number of hydrogen-bond donors (Lipinski definition) is 0. The van der Waals surface area contributed by atoms with Crippen molar-refractivity contribution >= 4 is 56.5 Å². The summed E-state index contributed by atoms with van der Waals surface area (Å²) in [5.41, 5.74) is 0. The van der Waals surface area contributed by atoms with Crippen molar-refractivity contribution in [3.63, 3.8) is 0 Å². The lowest BCUT2D eigenvalue weighted by Crippen LogP contribution is -1.88. The van der Waals surface area contributed by atoms with E-state index in [-0.39, 0.29) is 5.28 Å². The van der Waals surface area contributed by atoms with Crippen LogP contribution in [0.3, 0.4) is 0 Å². The second-order valence-electron chi connectivity index (χ2n) is 3.77. The van der Waals surface area contributed by atoms with Crippen molar-refractivity contribution in [2.75, 3.05) is 0 Å². The van der Waals surface area contributed by atoms with Gasteiger partial charge in [0.05, 0.1) is 5.02 Å². The summed E-state index contributed by atoms with van der Waals surface area (Å²) in [6.07, 6.45) is 1.70. The first-order valence-corrected chi connectivity index (χ1v) is 7.74. The van der Waals surface area contributed by atoms with Gasteiger partial charge >= 0.3 is 0 Å². The Morgan fingerprint density at radius 3 is 2.84 bits per heavy atom. The molecular formula is C12H7Cl2N3S2. The Bertz CT molecular complexity index is 758. The number of aryl methyl sites for hydroxylation is 1. The fraction of sp³-hybridized carbons (Fsp3) is 0.0833. The van der Waals surface area contributed by atoms with E-state index in [0.29, 0.717) is 10.0 Å². The summed E-state index contributed by atoms with van der Waals surface area (Å²) in [5, 5.41) is 3.31. The van der Waals surface area contributed by atoms with E-state index in [0.717, 1.165) is 15.2 Å². The zero-order valence-electron chi connectivity index (χ0n) is 9.72. The maximum atomic E-state index is 6.11. The predicted octanol–water partition coefficient (Wildman–Crippen LogP) is 4.85. The van der Waals surface area contributed by atoms with Crippen LogP contribution < -0.4 is 0 Å². The molecule has 3 aromatic rings. The van der Waals surface area contributed by atoms with Gasteiger partial charge in [0.15, 0.2) is 0 Å². The molecule has 0 amide bonds. The first-order valence-electron chi connectivity index (χ1n) is 5.35. The van der Waals surface area contributed by atoms with Crippen molar-refractivity contribution in [2.24, 2.45) is 0 Å². The lowest BCUT2D eigenvalue weighted by molar-refractivity contribution is 1.08. The van der Waals surface area contributed by atoms with Gasteiger partial charge < -0.3 is 0 Å². The Kier molecular flexibility index (Phi) is 3.62. The van der Waals surface area contributed by atoms with Gasteiger partial charge in [-0.15, -0.1) is 11.3 Å². The van der Waals surface area contributed by atoms with Crippen LogP contribution in [-0.2, 0) is 0 Å². The summed E-state index contributed by atoms with van der Waals surface area (Å²) in [5.74, 6) is 0. The highest BCUT2D eigenvalue weighted by Gasteiger charge is 2.13. The van der Waals surface area contributed by atoms with E-state index in [2.05, 4.69) is 21.0 Å². The first kappa shape index (κ1) is 13.1. The van der Waals surface area contributed by atoms with Crippen molar-refractivity contribution in [2.45, 2.75) is 17.0 Å². The molecule has 0 fully saturated rings. The molecule has 96 valence electrons. The molecular weight excluding hydrogens is 321 g/mol. The minimum atomic E-state index is 0.240. The molecule has 3 aromatic heterocycles. The van der Waals surface area contributed by atoms with E-state index < -0.39 is 0 Å². The minimum Gasteiger partial charge on any atom is -0.248 e. The van der Waals surface area contributed by atoms with E-state index in [4.69, 9.17) is 23.2 Å². The van der Waals surface area contributed by atoms with Gasteiger partial charge in [0, 0.05) is 16.5 Å². The summed E-state index contributed by atoms with van der Waals surface area (Å²) >= 11 is 15.1. The molecule has 0 atom stereocenters. The number of nitrogens with zero attached hydrogens (tertiary/aromatic N) is 3. The average molecular weight is 328 g/mol. The maximum absolute atomic E-state index is 6.11. The van der Waals surface area contributed by atoms with Crippen molar-refractivity contribution in [1.82, 2.24) is 15.0 Å². The third kappa shape index (κ3) is 2.69. The van der Waals surface area contributed by atoms with E-state index in [1.807, 2.05) is 6.92 Å². The predicted molar refractivity (Wildman–Crippen MR) is 80.5 cm³/mol. The van der Waals surface area contributed by atoms with Crippen LogP contribution in [0.5, 0.6) is 0 Å². The van der Waals surface area contributed by atoms with Gasteiger partial charge in [0.1, 0.15) is 14.9 Å². The van der Waals surface area contributed by atoms with E-state index in [1.54, 1.807) is 29.7 Å². The molecule has 0 aliphatic rings. The normalized spacial score (nSPS) is 11.1. The quantitative estimate of drug-likeness (QED) is 0.498. The third-order valence-corrected chi connectivity index (χ3v) is 4.93. The summed E-state index contributed by atoms with van der Waals surface area (Å²) in [4.78, 5) is 14.8. The SMILES string of the molecule is Cc1cc2c(Sc3ncccc3Cl)nc(Cl)nc2s1. The number of aromatic nitrogens is 3. The van der Waals surface area contributed by atoms with Crippen LogP contribution in [-0.4, -0.2) is 15.0 Å². The standard InChI is InChI=1S/C12H7Cl2N3S2/c1-6-5-7-9(18-6)16-12(14)17-10(7)19-11-8(13)3-2-4-15-11/h2-5H,1H3. The fourth-order valence-corrected chi connectivity index (χ4v) is 3.92. The summed E-state index contributed by atoms with van der Waals surface area (Å²) in [6, 6.07) is 5.65. The highest BCUT2D eigenvalue weighted by atomic mass is 35.5.